The van der Waals surface area contributed by atoms with Crippen LogP contribution in [0.2, 0.25) is 10.0 Å². The minimum absolute atomic E-state index is 0.00773. The average molecular weight is 505 g/mol. The van der Waals surface area contributed by atoms with Crippen LogP contribution in [0.3, 0.4) is 0 Å². The topological polar surface area (TPSA) is 19.4 Å². The first kappa shape index (κ1) is 23.1. The quantitative estimate of drug-likeness (QED) is 0.342. The van der Waals surface area contributed by atoms with Crippen LogP contribution in [0.15, 0.2) is 72.6 Å². The molecule has 35 heavy (non-hydrogen) atoms. The third-order valence-electron chi connectivity index (χ3n) is 7.91. The van der Waals surface area contributed by atoms with Crippen LogP contribution in [0, 0.1) is 0 Å². The molecular weight excluding hydrogens is 473 g/mol. The van der Waals surface area contributed by atoms with E-state index in [2.05, 4.69) is 46.2 Å². The zero-order valence-corrected chi connectivity index (χ0v) is 21.5. The van der Waals surface area contributed by atoms with Gasteiger partial charge in [0.2, 0.25) is 0 Å². The molecule has 1 unspecified atom stereocenters. The summed E-state index contributed by atoms with van der Waals surface area (Å²) in [5.41, 5.74) is 7.61. The minimum atomic E-state index is -0.00773. The Morgan fingerprint density at radius 2 is 1.54 bits per heavy atom. The first-order valence-corrected chi connectivity index (χ1v) is 13.6. The monoisotopic (exact) mass is 503 g/mol. The van der Waals surface area contributed by atoms with Gasteiger partial charge in [0.25, 0.3) is 0 Å². The van der Waals surface area contributed by atoms with E-state index in [-0.39, 0.29) is 6.04 Å². The SMILES string of the molecule is Clc1ccccc1C(c1ccccc1Cl)N1C2=C(c3ncccc3CN3CCCCC3)CC1CC2. The average Bonchev–Trinajstić information content (AvgIpc) is 3.45. The Bertz CT molecular complexity index is 1200. The van der Waals surface area contributed by atoms with Crippen molar-refractivity contribution in [3.8, 4) is 0 Å². The number of fused-ring (bicyclic) bond motifs is 2. The molecule has 2 saturated heterocycles. The van der Waals surface area contributed by atoms with Crippen molar-refractivity contribution in [3.05, 3.63) is 105 Å². The van der Waals surface area contributed by atoms with E-state index in [1.807, 2.05) is 30.5 Å². The van der Waals surface area contributed by atoms with E-state index < -0.39 is 0 Å². The molecule has 2 bridgehead atoms. The molecule has 5 heteroatoms. The van der Waals surface area contributed by atoms with Gasteiger partial charge in [-0.1, -0.05) is 72.1 Å². The summed E-state index contributed by atoms with van der Waals surface area (Å²) < 4.78 is 0. The summed E-state index contributed by atoms with van der Waals surface area (Å²) in [5.74, 6) is 0. The summed E-state index contributed by atoms with van der Waals surface area (Å²) >= 11 is 13.6. The van der Waals surface area contributed by atoms with Crippen LogP contribution in [-0.2, 0) is 6.54 Å². The molecule has 4 heterocycles. The molecule has 0 aliphatic carbocycles. The van der Waals surface area contributed by atoms with Gasteiger partial charge >= 0.3 is 0 Å². The molecule has 0 saturated carbocycles. The lowest BCUT2D eigenvalue weighted by atomic mass is 9.94. The van der Waals surface area contributed by atoms with Gasteiger partial charge < -0.3 is 4.90 Å². The molecule has 0 N–H and O–H groups in total. The molecule has 1 atom stereocenters. The Labute approximate surface area is 218 Å². The number of allylic oxidation sites excluding steroid dienone is 1. The minimum Gasteiger partial charge on any atom is -0.360 e. The zero-order chi connectivity index (χ0) is 23.8. The largest absolute Gasteiger partial charge is 0.360 e. The Kier molecular flexibility index (Phi) is 6.58. The Balaban J connectivity index is 1.43. The Morgan fingerprint density at radius 3 is 2.23 bits per heavy atom. The second-order valence-corrected chi connectivity index (χ2v) is 10.8. The van der Waals surface area contributed by atoms with Gasteiger partial charge in [0, 0.05) is 34.5 Å². The second kappa shape index (κ2) is 9.97. The summed E-state index contributed by atoms with van der Waals surface area (Å²) in [6, 6.07) is 21.2. The van der Waals surface area contributed by atoms with Crippen LogP contribution in [-0.4, -0.2) is 33.9 Å². The third-order valence-corrected chi connectivity index (χ3v) is 8.59. The number of halogens is 2. The number of rotatable bonds is 6. The molecule has 3 nitrogen and oxygen atoms in total. The van der Waals surface area contributed by atoms with Crippen molar-refractivity contribution in [1.29, 1.82) is 0 Å². The lowest BCUT2D eigenvalue weighted by Crippen LogP contribution is -2.30. The fourth-order valence-corrected chi connectivity index (χ4v) is 6.79. The van der Waals surface area contributed by atoms with E-state index in [0.29, 0.717) is 6.04 Å². The number of likely N-dealkylation sites (tertiary alicyclic amines) is 1. The van der Waals surface area contributed by atoms with Gasteiger partial charge in [-0.3, -0.25) is 9.88 Å². The number of nitrogens with zero attached hydrogens (tertiary/aromatic N) is 3. The van der Waals surface area contributed by atoms with Gasteiger partial charge in [-0.15, -0.1) is 0 Å². The number of hydrogen-bond donors (Lipinski definition) is 0. The molecule has 3 aromatic rings. The molecule has 6 rings (SSSR count). The van der Waals surface area contributed by atoms with Gasteiger partial charge in [-0.05, 0) is 85.7 Å². The van der Waals surface area contributed by atoms with E-state index in [1.54, 1.807) is 0 Å². The Hall–Kier alpha value is -2.33. The molecule has 3 aliphatic rings. The van der Waals surface area contributed by atoms with Crippen molar-refractivity contribution < 1.29 is 0 Å². The predicted octanol–water partition coefficient (Wildman–Crippen LogP) is 7.74. The smallest absolute Gasteiger partial charge is 0.0825 e. The van der Waals surface area contributed by atoms with Crippen molar-refractivity contribution in [1.82, 2.24) is 14.8 Å². The van der Waals surface area contributed by atoms with Crippen molar-refractivity contribution in [2.75, 3.05) is 13.1 Å². The molecule has 1 aromatic heterocycles. The fraction of sp³-hybridized carbons (Fsp3) is 0.367. The fourth-order valence-electron chi connectivity index (χ4n) is 6.31. The molecule has 2 fully saturated rings. The predicted molar refractivity (Wildman–Crippen MR) is 145 cm³/mol. The van der Waals surface area contributed by atoms with Crippen LogP contribution in [0.1, 0.15) is 67.0 Å². The first-order valence-electron chi connectivity index (χ1n) is 12.9. The van der Waals surface area contributed by atoms with E-state index >= 15 is 0 Å². The molecule has 0 radical (unpaired) electrons. The van der Waals surface area contributed by atoms with Crippen LogP contribution in [0.25, 0.3) is 5.57 Å². The van der Waals surface area contributed by atoms with E-state index in [1.165, 1.54) is 61.3 Å². The summed E-state index contributed by atoms with van der Waals surface area (Å²) in [6.07, 6.45) is 9.19. The number of piperidine rings is 1. The van der Waals surface area contributed by atoms with E-state index in [9.17, 15) is 0 Å². The number of benzene rings is 2. The van der Waals surface area contributed by atoms with Gasteiger partial charge in [-0.25, -0.2) is 0 Å². The number of hydrogen-bond acceptors (Lipinski definition) is 3. The van der Waals surface area contributed by atoms with Crippen LogP contribution in [0.4, 0.5) is 0 Å². The zero-order valence-electron chi connectivity index (χ0n) is 20.0. The summed E-state index contributed by atoms with van der Waals surface area (Å²) in [7, 11) is 0. The lowest BCUT2D eigenvalue weighted by molar-refractivity contribution is 0.220. The van der Waals surface area contributed by atoms with Crippen molar-refractivity contribution >= 4 is 28.8 Å². The highest BCUT2D eigenvalue weighted by molar-refractivity contribution is 6.32. The van der Waals surface area contributed by atoms with E-state index in [4.69, 9.17) is 28.2 Å². The molecule has 3 aliphatic heterocycles. The molecule has 0 amide bonds. The first-order chi connectivity index (χ1) is 17.2. The summed E-state index contributed by atoms with van der Waals surface area (Å²) in [6.45, 7) is 3.37. The standard InChI is InChI=1S/C30H31Cl2N3/c31-26-12-4-2-10-23(26)30(24-11-3-5-13-27(24)32)35-22-14-15-28(35)25(19-22)29-21(9-8-16-33-29)20-34-17-6-1-7-18-34/h2-5,8-13,16,22,30H,1,6-7,14-15,17-20H2. The molecule has 0 spiro atoms. The highest BCUT2D eigenvalue weighted by atomic mass is 35.5. The Morgan fingerprint density at radius 1 is 0.857 bits per heavy atom. The normalized spacial score (nSPS) is 20.3. The highest BCUT2D eigenvalue weighted by Crippen LogP contribution is 2.52. The number of pyridine rings is 1. The van der Waals surface area contributed by atoms with Crippen LogP contribution < -0.4 is 0 Å². The van der Waals surface area contributed by atoms with Crippen molar-refractivity contribution in [2.24, 2.45) is 0 Å². The molecule has 180 valence electrons. The van der Waals surface area contributed by atoms with Gasteiger partial charge in [0.1, 0.15) is 0 Å². The van der Waals surface area contributed by atoms with Crippen molar-refractivity contribution in [2.45, 2.75) is 57.2 Å². The molecular formula is C30H31Cl2N3. The third kappa shape index (κ3) is 4.39. The summed E-state index contributed by atoms with van der Waals surface area (Å²) in [4.78, 5) is 10.2. The van der Waals surface area contributed by atoms with Gasteiger partial charge in [0.05, 0.1) is 11.7 Å². The second-order valence-electron chi connectivity index (χ2n) is 10.0. The van der Waals surface area contributed by atoms with Crippen LogP contribution >= 0.6 is 23.2 Å². The number of aromatic nitrogens is 1. The van der Waals surface area contributed by atoms with Gasteiger partial charge in [-0.2, -0.15) is 0 Å². The van der Waals surface area contributed by atoms with Gasteiger partial charge in [0.15, 0.2) is 0 Å². The summed E-state index contributed by atoms with van der Waals surface area (Å²) in [5, 5.41) is 1.57. The highest BCUT2D eigenvalue weighted by Gasteiger charge is 2.44. The van der Waals surface area contributed by atoms with Crippen LogP contribution in [0.5, 0.6) is 0 Å². The van der Waals surface area contributed by atoms with Crippen molar-refractivity contribution in [3.63, 3.8) is 0 Å². The maximum absolute atomic E-state index is 6.80. The maximum Gasteiger partial charge on any atom is 0.0825 e. The lowest BCUT2D eigenvalue weighted by Gasteiger charge is -2.34. The maximum atomic E-state index is 6.80. The molecule has 2 aromatic carbocycles. The van der Waals surface area contributed by atoms with E-state index in [0.717, 1.165) is 40.6 Å².